The Bertz CT molecular complexity index is 748. The highest BCUT2D eigenvalue weighted by molar-refractivity contribution is 6.30. The molecule has 0 radical (unpaired) electrons. The van der Waals surface area contributed by atoms with Crippen molar-refractivity contribution >= 4 is 23.5 Å². The molecule has 0 unspecified atom stereocenters. The second-order valence-corrected chi connectivity index (χ2v) is 6.25. The van der Waals surface area contributed by atoms with Gasteiger partial charge in [-0.1, -0.05) is 11.6 Å². The Balaban J connectivity index is 2.17. The van der Waals surface area contributed by atoms with Gasteiger partial charge in [-0.15, -0.1) is 0 Å². The predicted octanol–water partition coefficient (Wildman–Crippen LogP) is 3.43. The lowest BCUT2D eigenvalue weighted by molar-refractivity contribution is -0.146. The second-order valence-electron chi connectivity index (χ2n) is 5.82. The molecule has 0 saturated heterocycles. The van der Waals surface area contributed by atoms with Gasteiger partial charge in [0.25, 0.3) is 5.91 Å². The van der Waals surface area contributed by atoms with Gasteiger partial charge in [-0.2, -0.15) is 0 Å². The van der Waals surface area contributed by atoms with E-state index in [-0.39, 0.29) is 18.6 Å². The lowest BCUT2D eigenvalue weighted by Gasteiger charge is -2.11. The van der Waals surface area contributed by atoms with E-state index in [9.17, 15) is 9.59 Å². The monoisotopic (exact) mass is 348 g/mol. The van der Waals surface area contributed by atoms with E-state index in [1.165, 1.54) is 0 Å². The molecule has 24 heavy (non-hydrogen) atoms. The Kier molecular flexibility index (Phi) is 5.67. The number of aryl methyl sites for hydroxylation is 1. The van der Waals surface area contributed by atoms with Crippen molar-refractivity contribution in [2.75, 3.05) is 6.54 Å². The number of hydrogen-bond donors (Lipinski definition) is 1. The molecular weight excluding hydrogens is 328 g/mol. The zero-order chi connectivity index (χ0) is 17.9. The number of hydrogen-bond acceptors (Lipinski definition) is 3. The molecule has 1 N–H and O–H groups in total. The second kappa shape index (κ2) is 7.53. The van der Waals surface area contributed by atoms with Crippen molar-refractivity contribution in [1.82, 2.24) is 9.88 Å². The molecule has 5 nitrogen and oxygen atoms in total. The van der Waals surface area contributed by atoms with Crippen LogP contribution in [0.4, 0.5) is 0 Å². The van der Waals surface area contributed by atoms with E-state index in [0.29, 0.717) is 10.6 Å². The molecule has 0 spiro atoms. The molecule has 6 heteroatoms. The number of amides is 1. The molecule has 0 fully saturated rings. The molecule has 1 amide bonds. The Morgan fingerprint density at radius 1 is 1.21 bits per heavy atom. The van der Waals surface area contributed by atoms with Gasteiger partial charge in [0.1, 0.15) is 6.54 Å². The summed E-state index contributed by atoms with van der Waals surface area (Å²) in [4.78, 5) is 23.9. The fourth-order valence-corrected chi connectivity index (χ4v) is 2.66. The molecule has 2 aromatic rings. The Hall–Kier alpha value is -2.27. The minimum atomic E-state index is -0.454. The van der Waals surface area contributed by atoms with Crippen molar-refractivity contribution in [2.24, 2.45) is 0 Å². The van der Waals surface area contributed by atoms with Crippen LogP contribution in [0.5, 0.6) is 0 Å². The van der Waals surface area contributed by atoms with Crippen LogP contribution in [0.25, 0.3) is 5.69 Å². The van der Waals surface area contributed by atoms with Crippen LogP contribution in [-0.2, 0) is 9.53 Å². The zero-order valence-electron chi connectivity index (χ0n) is 14.2. The molecule has 128 valence electrons. The maximum Gasteiger partial charge on any atom is 0.325 e. The molecule has 1 heterocycles. The summed E-state index contributed by atoms with van der Waals surface area (Å²) in [7, 11) is 0. The number of carbonyl (C=O) groups excluding carboxylic acids is 2. The van der Waals surface area contributed by atoms with Crippen molar-refractivity contribution in [3.63, 3.8) is 0 Å². The number of rotatable bonds is 5. The topological polar surface area (TPSA) is 60.3 Å². The maximum absolute atomic E-state index is 12.4. The summed E-state index contributed by atoms with van der Waals surface area (Å²) in [5, 5.41) is 3.25. The number of halogens is 1. The van der Waals surface area contributed by atoms with Gasteiger partial charge in [0.15, 0.2) is 0 Å². The van der Waals surface area contributed by atoms with E-state index in [4.69, 9.17) is 16.3 Å². The number of esters is 1. The molecule has 1 aromatic carbocycles. The number of carbonyl (C=O) groups is 2. The van der Waals surface area contributed by atoms with Gasteiger partial charge in [-0.25, -0.2) is 0 Å². The smallest absolute Gasteiger partial charge is 0.325 e. The van der Waals surface area contributed by atoms with Gasteiger partial charge in [0.2, 0.25) is 0 Å². The summed E-state index contributed by atoms with van der Waals surface area (Å²) in [6.45, 7) is 7.16. The van der Waals surface area contributed by atoms with Gasteiger partial charge in [-0.05, 0) is 58.0 Å². The maximum atomic E-state index is 12.4. The predicted molar refractivity (Wildman–Crippen MR) is 93.8 cm³/mol. The molecule has 0 aliphatic heterocycles. The van der Waals surface area contributed by atoms with Gasteiger partial charge in [0, 0.05) is 22.1 Å². The normalized spacial score (nSPS) is 10.8. The van der Waals surface area contributed by atoms with Crippen LogP contribution >= 0.6 is 11.6 Å². The highest BCUT2D eigenvalue weighted by atomic mass is 35.5. The lowest BCUT2D eigenvalue weighted by Crippen LogP contribution is -2.31. The molecule has 0 saturated carbocycles. The summed E-state index contributed by atoms with van der Waals surface area (Å²) in [6.07, 6.45) is -0.204. The highest BCUT2D eigenvalue weighted by Crippen LogP contribution is 2.22. The zero-order valence-corrected chi connectivity index (χ0v) is 15.0. The average molecular weight is 349 g/mol. The van der Waals surface area contributed by atoms with Crippen molar-refractivity contribution in [1.29, 1.82) is 0 Å². The Labute approximate surface area is 146 Å². The number of nitrogens with zero attached hydrogens (tertiary/aromatic N) is 1. The standard InChI is InChI=1S/C18H21ClN2O3/c1-11(2)24-17(22)10-20-18(23)16-9-12(3)21(13(16)4)15-7-5-14(19)6-8-15/h5-9,11H,10H2,1-4H3,(H,20,23). The number of benzene rings is 1. The van der Waals surface area contributed by atoms with Gasteiger partial charge in [-0.3, -0.25) is 9.59 Å². The van der Waals surface area contributed by atoms with Crippen LogP contribution in [-0.4, -0.2) is 29.1 Å². The van der Waals surface area contributed by atoms with E-state index in [1.807, 2.05) is 30.5 Å². The summed E-state index contributed by atoms with van der Waals surface area (Å²) < 4.78 is 6.97. The van der Waals surface area contributed by atoms with Crippen LogP contribution in [0.2, 0.25) is 5.02 Å². The summed E-state index contributed by atoms with van der Waals surface area (Å²) in [5.74, 6) is -0.756. The molecular formula is C18H21ClN2O3. The van der Waals surface area contributed by atoms with E-state index in [2.05, 4.69) is 5.32 Å². The third kappa shape index (κ3) is 4.17. The van der Waals surface area contributed by atoms with Crippen LogP contribution in [0, 0.1) is 13.8 Å². The minimum Gasteiger partial charge on any atom is -0.462 e. The highest BCUT2D eigenvalue weighted by Gasteiger charge is 2.17. The van der Waals surface area contributed by atoms with Crippen molar-refractivity contribution in [3.8, 4) is 5.69 Å². The first kappa shape index (κ1) is 18.1. The summed E-state index contributed by atoms with van der Waals surface area (Å²) in [5.41, 5.74) is 3.17. The van der Waals surface area contributed by atoms with E-state index in [0.717, 1.165) is 17.1 Å². The van der Waals surface area contributed by atoms with E-state index < -0.39 is 5.97 Å². The van der Waals surface area contributed by atoms with Crippen molar-refractivity contribution in [2.45, 2.75) is 33.8 Å². The van der Waals surface area contributed by atoms with Crippen LogP contribution in [0.1, 0.15) is 35.6 Å². The number of aromatic nitrogens is 1. The van der Waals surface area contributed by atoms with E-state index >= 15 is 0 Å². The van der Waals surface area contributed by atoms with Crippen LogP contribution in [0.3, 0.4) is 0 Å². The first-order valence-electron chi connectivity index (χ1n) is 7.72. The lowest BCUT2D eigenvalue weighted by atomic mass is 10.2. The van der Waals surface area contributed by atoms with E-state index in [1.54, 1.807) is 32.0 Å². The average Bonchev–Trinajstić information content (AvgIpc) is 2.80. The van der Waals surface area contributed by atoms with Crippen molar-refractivity contribution < 1.29 is 14.3 Å². The first-order valence-corrected chi connectivity index (χ1v) is 8.10. The fourth-order valence-electron chi connectivity index (χ4n) is 2.53. The van der Waals surface area contributed by atoms with Crippen molar-refractivity contribution in [3.05, 3.63) is 52.3 Å². The molecule has 0 aliphatic carbocycles. The largest absolute Gasteiger partial charge is 0.462 e. The number of ether oxygens (including phenoxy) is 1. The Morgan fingerprint density at radius 2 is 1.83 bits per heavy atom. The summed E-state index contributed by atoms with van der Waals surface area (Å²) in [6, 6.07) is 9.19. The first-order chi connectivity index (χ1) is 11.3. The molecule has 0 bridgehead atoms. The van der Waals surface area contributed by atoms with Crippen LogP contribution in [0.15, 0.2) is 30.3 Å². The minimum absolute atomic E-state index is 0.151. The Morgan fingerprint density at radius 3 is 2.42 bits per heavy atom. The third-order valence-corrected chi connectivity index (χ3v) is 3.77. The summed E-state index contributed by atoms with van der Waals surface area (Å²) >= 11 is 5.92. The molecule has 2 rings (SSSR count). The third-order valence-electron chi connectivity index (χ3n) is 3.52. The molecule has 0 atom stereocenters. The SMILES string of the molecule is Cc1cc(C(=O)NCC(=O)OC(C)C)c(C)n1-c1ccc(Cl)cc1. The van der Waals surface area contributed by atoms with Crippen LogP contribution < -0.4 is 5.32 Å². The van der Waals surface area contributed by atoms with Gasteiger partial charge >= 0.3 is 5.97 Å². The fraction of sp³-hybridized carbons (Fsp3) is 0.333. The molecule has 1 aromatic heterocycles. The van der Waals surface area contributed by atoms with Gasteiger partial charge in [0.05, 0.1) is 11.7 Å². The molecule has 0 aliphatic rings. The number of nitrogens with one attached hydrogen (secondary N) is 1. The quantitative estimate of drug-likeness (QED) is 0.842. The van der Waals surface area contributed by atoms with Gasteiger partial charge < -0.3 is 14.6 Å².